The highest BCUT2D eigenvalue weighted by molar-refractivity contribution is 6.00. The summed E-state index contributed by atoms with van der Waals surface area (Å²) in [6, 6.07) is 2.51. The number of rotatable bonds is 5. The van der Waals surface area contributed by atoms with E-state index in [0.29, 0.717) is 12.3 Å². The molecule has 3 N–H and O–H groups in total. The first-order valence-electron chi connectivity index (χ1n) is 5.43. The SMILES string of the molecule is COCC(C)N(C)c1ccc(F)c(N)c1C(=O)O. The van der Waals surface area contributed by atoms with Crippen molar-refractivity contribution in [1.29, 1.82) is 0 Å². The Morgan fingerprint density at radius 2 is 2.22 bits per heavy atom. The molecule has 6 heteroatoms. The number of benzene rings is 1. The average molecular weight is 256 g/mol. The van der Waals surface area contributed by atoms with Gasteiger partial charge in [-0.05, 0) is 19.1 Å². The predicted molar refractivity (Wildman–Crippen MR) is 67.5 cm³/mol. The molecule has 100 valence electrons. The lowest BCUT2D eigenvalue weighted by molar-refractivity contribution is 0.0698. The van der Waals surface area contributed by atoms with E-state index in [1.807, 2.05) is 6.92 Å². The van der Waals surface area contributed by atoms with Gasteiger partial charge in [0.15, 0.2) is 0 Å². The van der Waals surface area contributed by atoms with Crippen molar-refractivity contribution in [3.63, 3.8) is 0 Å². The molecular weight excluding hydrogens is 239 g/mol. The number of carbonyl (C=O) groups is 1. The van der Waals surface area contributed by atoms with Crippen LogP contribution in [-0.2, 0) is 4.74 Å². The van der Waals surface area contributed by atoms with E-state index in [4.69, 9.17) is 15.6 Å². The maximum absolute atomic E-state index is 13.3. The Hall–Kier alpha value is -1.82. The molecule has 0 saturated heterocycles. The maximum Gasteiger partial charge on any atom is 0.340 e. The fraction of sp³-hybridized carbons (Fsp3) is 0.417. The van der Waals surface area contributed by atoms with Crippen molar-refractivity contribution in [1.82, 2.24) is 0 Å². The largest absolute Gasteiger partial charge is 0.478 e. The van der Waals surface area contributed by atoms with E-state index < -0.39 is 11.8 Å². The van der Waals surface area contributed by atoms with E-state index >= 15 is 0 Å². The van der Waals surface area contributed by atoms with Crippen molar-refractivity contribution >= 4 is 17.3 Å². The number of nitrogen functional groups attached to an aromatic ring is 1. The number of anilines is 2. The van der Waals surface area contributed by atoms with Crippen molar-refractivity contribution in [3.8, 4) is 0 Å². The molecule has 1 atom stereocenters. The first-order valence-corrected chi connectivity index (χ1v) is 5.43. The van der Waals surface area contributed by atoms with Crippen LogP contribution < -0.4 is 10.6 Å². The molecule has 1 rings (SSSR count). The van der Waals surface area contributed by atoms with Crippen LogP contribution >= 0.6 is 0 Å². The van der Waals surface area contributed by atoms with Crippen LogP contribution in [0.5, 0.6) is 0 Å². The Morgan fingerprint density at radius 1 is 1.61 bits per heavy atom. The van der Waals surface area contributed by atoms with Crippen LogP contribution in [-0.4, -0.2) is 37.9 Å². The lowest BCUT2D eigenvalue weighted by Gasteiger charge is -2.28. The van der Waals surface area contributed by atoms with Crippen LogP contribution in [0.1, 0.15) is 17.3 Å². The molecule has 18 heavy (non-hydrogen) atoms. The van der Waals surface area contributed by atoms with Crippen LogP contribution in [0.3, 0.4) is 0 Å². The predicted octanol–water partition coefficient (Wildman–Crippen LogP) is 1.58. The smallest absolute Gasteiger partial charge is 0.340 e. The van der Waals surface area contributed by atoms with Crippen LogP contribution in [0.15, 0.2) is 12.1 Å². The van der Waals surface area contributed by atoms with Gasteiger partial charge >= 0.3 is 5.97 Å². The second kappa shape index (κ2) is 5.68. The minimum absolute atomic E-state index is 0.0574. The van der Waals surface area contributed by atoms with Gasteiger partial charge in [0.05, 0.1) is 18.0 Å². The number of methoxy groups -OCH3 is 1. The third kappa shape index (κ3) is 2.70. The fourth-order valence-corrected chi connectivity index (χ4v) is 1.69. The summed E-state index contributed by atoms with van der Waals surface area (Å²) in [5.74, 6) is -1.98. The second-order valence-electron chi connectivity index (χ2n) is 4.08. The standard InChI is InChI=1S/C12H17FN2O3/c1-7(6-18-3)15(2)9-5-4-8(13)11(14)10(9)12(16)17/h4-5,7H,6,14H2,1-3H3,(H,16,17). The molecule has 0 spiro atoms. The topological polar surface area (TPSA) is 75.8 Å². The van der Waals surface area contributed by atoms with Crippen molar-refractivity contribution < 1.29 is 19.0 Å². The molecule has 0 aliphatic heterocycles. The van der Waals surface area contributed by atoms with E-state index in [1.54, 1.807) is 19.1 Å². The van der Waals surface area contributed by atoms with Crippen molar-refractivity contribution in [3.05, 3.63) is 23.5 Å². The van der Waals surface area contributed by atoms with Gasteiger partial charge in [0.1, 0.15) is 11.4 Å². The molecular formula is C12H17FN2O3. The van der Waals surface area contributed by atoms with Gasteiger partial charge in [0, 0.05) is 20.2 Å². The number of hydrogen-bond acceptors (Lipinski definition) is 4. The van der Waals surface area contributed by atoms with E-state index in [0.717, 1.165) is 6.07 Å². The molecule has 0 radical (unpaired) electrons. The minimum atomic E-state index is -1.25. The van der Waals surface area contributed by atoms with Crippen LogP contribution in [0.25, 0.3) is 0 Å². The number of halogens is 1. The molecule has 0 aromatic heterocycles. The maximum atomic E-state index is 13.3. The molecule has 0 saturated carbocycles. The Morgan fingerprint density at radius 3 is 2.72 bits per heavy atom. The summed E-state index contributed by atoms with van der Waals surface area (Å²) in [6.45, 7) is 2.29. The van der Waals surface area contributed by atoms with E-state index in [1.165, 1.54) is 6.07 Å². The third-order valence-electron chi connectivity index (χ3n) is 2.83. The summed E-state index contributed by atoms with van der Waals surface area (Å²) in [7, 11) is 3.27. The Bertz CT molecular complexity index is 451. The number of nitrogens with two attached hydrogens (primary N) is 1. The van der Waals surface area contributed by atoms with Gasteiger partial charge in [-0.25, -0.2) is 9.18 Å². The summed E-state index contributed by atoms with van der Waals surface area (Å²) >= 11 is 0. The summed E-state index contributed by atoms with van der Waals surface area (Å²) in [6.07, 6.45) is 0. The Kier molecular flexibility index (Phi) is 4.49. The molecule has 1 unspecified atom stereocenters. The normalized spacial score (nSPS) is 12.2. The molecule has 5 nitrogen and oxygen atoms in total. The third-order valence-corrected chi connectivity index (χ3v) is 2.83. The van der Waals surface area contributed by atoms with Crippen LogP contribution in [0, 0.1) is 5.82 Å². The zero-order valence-corrected chi connectivity index (χ0v) is 10.6. The molecule has 0 aliphatic carbocycles. The Labute approximate surface area is 105 Å². The number of carboxylic acids is 1. The summed E-state index contributed by atoms with van der Waals surface area (Å²) in [5, 5.41) is 9.13. The van der Waals surface area contributed by atoms with Crippen molar-refractivity contribution in [2.45, 2.75) is 13.0 Å². The summed E-state index contributed by atoms with van der Waals surface area (Å²) < 4.78 is 18.3. The first kappa shape index (κ1) is 14.2. The summed E-state index contributed by atoms with van der Waals surface area (Å²) in [5.41, 5.74) is 5.28. The lowest BCUT2D eigenvalue weighted by atomic mass is 10.1. The summed E-state index contributed by atoms with van der Waals surface area (Å²) in [4.78, 5) is 12.9. The number of hydrogen-bond donors (Lipinski definition) is 2. The van der Waals surface area contributed by atoms with Crippen molar-refractivity contribution in [2.75, 3.05) is 31.4 Å². The lowest BCUT2D eigenvalue weighted by Crippen LogP contribution is -2.34. The van der Waals surface area contributed by atoms with E-state index in [-0.39, 0.29) is 17.3 Å². The highest BCUT2D eigenvalue weighted by Gasteiger charge is 2.22. The average Bonchev–Trinajstić information content (AvgIpc) is 2.31. The molecule has 0 aliphatic rings. The second-order valence-corrected chi connectivity index (χ2v) is 4.08. The molecule has 0 amide bonds. The van der Waals surface area contributed by atoms with Gasteiger partial charge in [0.25, 0.3) is 0 Å². The zero-order valence-electron chi connectivity index (χ0n) is 10.6. The molecule has 1 aromatic carbocycles. The molecule has 0 heterocycles. The van der Waals surface area contributed by atoms with Gasteiger partial charge in [-0.3, -0.25) is 0 Å². The van der Waals surface area contributed by atoms with Gasteiger partial charge in [-0.2, -0.15) is 0 Å². The minimum Gasteiger partial charge on any atom is -0.478 e. The molecule has 1 aromatic rings. The van der Waals surface area contributed by atoms with Crippen LogP contribution in [0.4, 0.5) is 15.8 Å². The monoisotopic (exact) mass is 256 g/mol. The number of nitrogens with zero attached hydrogens (tertiary/aromatic N) is 1. The van der Waals surface area contributed by atoms with Gasteiger partial charge < -0.3 is 20.5 Å². The number of carboxylic acid groups (broad SMARTS) is 1. The fourth-order valence-electron chi connectivity index (χ4n) is 1.69. The first-order chi connectivity index (χ1) is 8.40. The van der Waals surface area contributed by atoms with E-state index in [2.05, 4.69) is 0 Å². The van der Waals surface area contributed by atoms with Crippen LogP contribution in [0.2, 0.25) is 0 Å². The number of ether oxygens (including phenoxy) is 1. The highest BCUT2D eigenvalue weighted by atomic mass is 19.1. The Balaban J connectivity index is 3.24. The van der Waals surface area contributed by atoms with Gasteiger partial charge in [0.2, 0.25) is 0 Å². The zero-order chi connectivity index (χ0) is 13.9. The van der Waals surface area contributed by atoms with Crippen molar-refractivity contribution in [2.24, 2.45) is 0 Å². The quantitative estimate of drug-likeness (QED) is 0.782. The highest BCUT2D eigenvalue weighted by Crippen LogP contribution is 2.28. The van der Waals surface area contributed by atoms with Gasteiger partial charge in [-0.15, -0.1) is 0 Å². The molecule has 0 bridgehead atoms. The van der Waals surface area contributed by atoms with E-state index in [9.17, 15) is 9.18 Å². The van der Waals surface area contributed by atoms with Gasteiger partial charge in [-0.1, -0.05) is 0 Å². The number of aromatic carboxylic acids is 1. The molecule has 0 fully saturated rings. The number of likely N-dealkylation sites (N-methyl/N-ethyl adjacent to an activating group) is 1.